The van der Waals surface area contributed by atoms with E-state index < -0.39 is 0 Å². The van der Waals surface area contributed by atoms with Crippen LogP contribution in [-0.2, 0) is 12.8 Å². The van der Waals surface area contributed by atoms with Crippen LogP contribution in [0.4, 0.5) is 23.3 Å². The molecule has 0 fully saturated rings. The minimum Gasteiger partial charge on any atom is -0.296 e. The number of benzene rings is 2. The van der Waals surface area contributed by atoms with Crippen molar-refractivity contribution in [3.05, 3.63) is 64.9 Å². The first-order chi connectivity index (χ1) is 16.1. The number of hydrogen-bond donors (Lipinski definition) is 2. The van der Waals surface area contributed by atoms with Gasteiger partial charge in [0.05, 0.1) is 11.4 Å². The van der Waals surface area contributed by atoms with Crippen LogP contribution in [0.15, 0.2) is 48.5 Å². The van der Waals surface area contributed by atoms with Gasteiger partial charge < -0.3 is 0 Å². The molecule has 0 radical (unpaired) electrons. The van der Waals surface area contributed by atoms with Gasteiger partial charge in [-0.05, 0) is 72.7 Å². The van der Waals surface area contributed by atoms with Crippen molar-refractivity contribution in [3.63, 3.8) is 0 Å². The molecule has 2 N–H and O–H groups in total. The van der Waals surface area contributed by atoms with Crippen LogP contribution in [0.5, 0.6) is 0 Å². The highest BCUT2D eigenvalue weighted by atomic mass is 35.5. The summed E-state index contributed by atoms with van der Waals surface area (Å²) in [6.07, 6.45) is 3.78. The van der Waals surface area contributed by atoms with Crippen LogP contribution in [0.25, 0.3) is 0 Å². The van der Waals surface area contributed by atoms with E-state index in [9.17, 15) is 0 Å². The molecule has 0 saturated carbocycles. The lowest BCUT2D eigenvalue weighted by atomic mass is 10.1. The summed E-state index contributed by atoms with van der Waals surface area (Å²) in [5.41, 5.74) is 11.4. The van der Waals surface area contributed by atoms with Crippen LogP contribution >= 0.6 is 11.6 Å². The average molecular weight is 468 g/mol. The van der Waals surface area contributed by atoms with E-state index in [2.05, 4.69) is 84.9 Å². The summed E-state index contributed by atoms with van der Waals surface area (Å²) < 4.78 is 0. The molecule has 176 valence electrons. The molecule has 2 aromatic carbocycles. The molecule has 0 aliphatic heterocycles. The third-order valence-corrected chi connectivity index (χ3v) is 5.33. The maximum Gasteiger partial charge on any atom is 0.250 e. The van der Waals surface area contributed by atoms with Crippen molar-refractivity contribution in [1.82, 2.24) is 15.0 Å². The van der Waals surface area contributed by atoms with Crippen molar-refractivity contribution in [3.8, 4) is 0 Å². The van der Waals surface area contributed by atoms with Crippen LogP contribution in [0.2, 0.25) is 5.28 Å². The average Bonchev–Trinajstić information content (AvgIpc) is 2.83. The molecule has 0 amide bonds. The molecule has 0 unspecified atom stereocenters. The van der Waals surface area contributed by atoms with Crippen molar-refractivity contribution in [2.45, 2.75) is 53.4 Å². The van der Waals surface area contributed by atoms with Crippen molar-refractivity contribution in [2.24, 2.45) is 0 Å². The molecule has 1 heterocycles. The summed E-state index contributed by atoms with van der Waals surface area (Å²) in [6, 6.07) is 16.7. The second kappa shape index (κ2) is 12.3. The van der Waals surface area contributed by atoms with Crippen molar-refractivity contribution in [1.29, 1.82) is 0 Å². The van der Waals surface area contributed by atoms with E-state index in [0.717, 1.165) is 50.1 Å². The van der Waals surface area contributed by atoms with Gasteiger partial charge in [-0.25, -0.2) is 0 Å². The number of rotatable bonds is 12. The molecule has 3 aromatic rings. The van der Waals surface area contributed by atoms with Crippen molar-refractivity contribution in [2.75, 3.05) is 34.0 Å². The van der Waals surface area contributed by atoms with Gasteiger partial charge >= 0.3 is 0 Å². The molecule has 0 spiro atoms. The van der Waals surface area contributed by atoms with E-state index in [4.69, 9.17) is 16.6 Å². The zero-order valence-corrected chi connectivity index (χ0v) is 20.7. The van der Waals surface area contributed by atoms with Gasteiger partial charge in [0.2, 0.25) is 5.28 Å². The maximum absolute atomic E-state index is 6.37. The minimum atomic E-state index is 0.158. The molecule has 0 bridgehead atoms. The number of aryl methyl sites for hydroxylation is 2. The van der Waals surface area contributed by atoms with Crippen LogP contribution in [0.1, 0.15) is 51.7 Å². The van der Waals surface area contributed by atoms with Gasteiger partial charge in [0.15, 0.2) is 0 Å². The van der Waals surface area contributed by atoms with Crippen LogP contribution in [0, 0.1) is 0 Å². The Morgan fingerprint density at radius 3 is 1.55 bits per heavy atom. The lowest BCUT2D eigenvalue weighted by Crippen LogP contribution is -2.35. The summed E-state index contributed by atoms with van der Waals surface area (Å²) in [6.45, 7) is 9.96. The highest BCUT2D eigenvalue weighted by molar-refractivity contribution is 6.28. The number of hydrogen-bond acceptors (Lipinski definition) is 7. The zero-order valence-electron chi connectivity index (χ0n) is 20.0. The van der Waals surface area contributed by atoms with Gasteiger partial charge in [0.25, 0.3) is 11.9 Å². The van der Waals surface area contributed by atoms with Crippen molar-refractivity contribution < 1.29 is 0 Å². The molecule has 0 aliphatic carbocycles. The summed E-state index contributed by atoms with van der Waals surface area (Å²) in [5.74, 6) is 0.970. The van der Waals surface area contributed by atoms with E-state index in [1.165, 1.54) is 11.1 Å². The highest BCUT2D eigenvalue weighted by Gasteiger charge is 2.17. The quantitative estimate of drug-likeness (QED) is 0.310. The molecule has 0 aliphatic rings. The van der Waals surface area contributed by atoms with Gasteiger partial charge in [-0.3, -0.25) is 20.9 Å². The number of halogens is 1. The summed E-state index contributed by atoms with van der Waals surface area (Å²) in [7, 11) is 0. The van der Waals surface area contributed by atoms with Gasteiger partial charge in [-0.2, -0.15) is 15.0 Å². The second-order valence-electron chi connectivity index (χ2n) is 7.84. The first-order valence-electron chi connectivity index (χ1n) is 11.7. The first kappa shape index (κ1) is 24.6. The third-order valence-electron chi connectivity index (χ3n) is 5.16. The lowest BCUT2D eigenvalue weighted by Gasteiger charge is -2.27. The van der Waals surface area contributed by atoms with Gasteiger partial charge in [-0.1, -0.05) is 52.0 Å². The predicted molar refractivity (Wildman–Crippen MR) is 139 cm³/mol. The highest BCUT2D eigenvalue weighted by Crippen LogP contribution is 2.21. The normalized spacial score (nSPS) is 10.7. The Bertz CT molecular complexity index is 949. The Kier molecular flexibility index (Phi) is 9.13. The fraction of sp³-hybridized carbons (Fsp3) is 0.400. The Morgan fingerprint density at radius 1 is 0.697 bits per heavy atom. The lowest BCUT2D eigenvalue weighted by molar-refractivity contribution is 0.773. The maximum atomic E-state index is 6.37. The molecular formula is C25H34ClN7. The Hall–Kier alpha value is -3.06. The monoisotopic (exact) mass is 467 g/mol. The standard InChI is InChI=1S/C25H34ClN7/c1-5-15-32(30-21-13-9-11-19(7-3)17-21)24-27-23(26)28-25(29-24)33(16-6-2)31-22-14-10-12-20(8-4)18-22/h9-14,17-18,30-31H,5-8,15-16H2,1-4H3. The van der Waals surface area contributed by atoms with Crippen LogP contribution < -0.4 is 20.9 Å². The van der Waals surface area contributed by atoms with Crippen LogP contribution in [0.3, 0.4) is 0 Å². The number of anilines is 4. The van der Waals surface area contributed by atoms with Gasteiger partial charge in [0.1, 0.15) is 0 Å². The SMILES string of the molecule is CCCN(Nc1cccc(CC)c1)c1nc(Cl)nc(N(CCC)Nc2cccc(CC)c2)n1. The molecule has 33 heavy (non-hydrogen) atoms. The number of nitrogens with one attached hydrogen (secondary N) is 2. The van der Waals surface area contributed by atoms with Crippen molar-refractivity contribution >= 4 is 34.9 Å². The zero-order chi connectivity index (χ0) is 23.6. The number of hydrazine groups is 2. The van der Waals surface area contributed by atoms with Gasteiger partial charge in [-0.15, -0.1) is 0 Å². The molecule has 1 aromatic heterocycles. The number of aromatic nitrogens is 3. The Balaban J connectivity index is 1.90. The van der Waals surface area contributed by atoms with E-state index in [0.29, 0.717) is 11.9 Å². The summed E-state index contributed by atoms with van der Waals surface area (Å²) >= 11 is 6.37. The van der Waals surface area contributed by atoms with E-state index >= 15 is 0 Å². The molecular weight excluding hydrogens is 434 g/mol. The van der Waals surface area contributed by atoms with E-state index in [1.807, 2.05) is 22.2 Å². The molecule has 0 saturated heterocycles. The van der Waals surface area contributed by atoms with E-state index in [1.54, 1.807) is 0 Å². The molecule has 7 nitrogen and oxygen atoms in total. The predicted octanol–water partition coefficient (Wildman–Crippen LogP) is 6.14. The first-order valence-corrected chi connectivity index (χ1v) is 12.1. The Labute approximate surface area is 202 Å². The molecule has 8 heteroatoms. The Morgan fingerprint density at radius 2 is 1.15 bits per heavy atom. The fourth-order valence-corrected chi connectivity index (χ4v) is 3.61. The third kappa shape index (κ3) is 6.96. The van der Waals surface area contributed by atoms with Crippen LogP contribution in [-0.4, -0.2) is 28.0 Å². The molecule has 3 rings (SSSR count). The summed E-state index contributed by atoms with van der Waals surface area (Å²) in [4.78, 5) is 13.6. The second-order valence-corrected chi connectivity index (χ2v) is 8.18. The van der Waals surface area contributed by atoms with E-state index in [-0.39, 0.29) is 5.28 Å². The van der Waals surface area contributed by atoms with Gasteiger partial charge in [0, 0.05) is 13.1 Å². The minimum absolute atomic E-state index is 0.158. The smallest absolute Gasteiger partial charge is 0.250 e. The topological polar surface area (TPSA) is 69.2 Å². The summed E-state index contributed by atoms with van der Waals surface area (Å²) in [5, 5.41) is 4.01. The largest absolute Gasteiger partial charge is 0.296 e. The fourth-order valence-electron chi connectivity index (χ4n) is 3.46. The number of nitrogens with zero attached hydrogens (tertiary/aromatic N) is 5. The molecule has 0 atom stereocenters.